The molecule has 0 saturated heterocycles. The van der Waals surface area contributed by atoms with Crippen molar-refractivity contribution in [2.75, 3.05) is 7.05 Å². The third kappa shape index (κ3) is 5.31. The Morgan fingerprint density at radius 1 is 1.04 bits per heavy atom. The predicted octanol–water partition coefficient (Wildman–Crippen LogP) is 0.234. The van der Waals surface area contributed by atoms with E-state index in [2.05, 4.69) is 16.0 Å². The van der Waals surface area contributed by atoms with Crippen LogP contribution in [0.1, 0.15) is 15.9 Å². The summed E-state index contributed by atoms with van der Waals surface area (Å²) in [5.41, 5.74) is 0.676. The van der Waals surface area contributed by atoms with E-state index in [9.17, 15) is 19.2 Å². The molecule has 1 aromatic carbocycles. The van der Waals surface area contributed by atoms with Crippen molar-refractivity contribution in [3.8, 4) is 0 Å². The maximum atomic E-state index is 11.9. The number of hydrogen-bond donors (Lipinski definition) is 3. The molecule has 8 nitrogen and oxygen atoms in total. The van der Waals surface area contributed by atoms with Crippen LogP contribution in [0.3, 0.4) is 0 Å². The van der Waals surface area contributed by atoms with Gasteiger partial charge in [-0.2, -0.15) is 0 Å². The summed E-state index contributed by atoms with van der Waals surface area (Å²) in [6, 6.07) is 11.1. The van der Waals surface area contributed by atoms with E-state index < -0.39 is 17.5 Å². The minimum Gasteiger partial charge on any atom is -0.355 e. The number of amides is 4. The average Bonchev–Trinajstić information content (AvgIpc) is 2.62. The number of carbonyl (C=O) groups is 3. The molecule has 0 fully saturated rings. The largest absolute Gasteiger partial charge is 0.355 e. The Morgan fingerprint density at radius 3 is 2.44 bits per heavy atom. The fourth-order valence-corrected chi connectivity index (χ4v) is 2.08. The molecule has 2 aromatic rings. The lowest BCUT2D eigenvalue weighted by Crippen LogP contribution is -2.41. The minimum atomic E-state index is -0.665. The number of benzene rings is 1. The number of nitrogens with one attached hydrogen (secondary N) is 3. The summed E-state index contributed by atoms with van der Waals surface area (Å²) in [5.74, 6) is -1.04. The minimum absolute atomic E-state index is 0.239. The Bertz CT molecular complexity index is 830. The third-order valence-electron chi connectivity index (χ3n) is 3.34. The second-order valence-corrected chi connectivity index (χ2v) is 5.18. The van der Waals surface area contributed by atoms with Crippen molar-refractivity contribution in [2.45, 2.75) is 13.1 Å². The zero-order valence-electron chi connectivity index (χ0n) is 13.6. The van der Waals surface area contributed by atoms with Gasteiger partial charge in [0.05, 0.1) is 5.56 Å². The third-order valence-corrected chi connectivity index (χ3v) is 3.34. The molecule has 0 aliphatic rings. The average molecular weight is 342 g/mol. The molecular weight excluding hydrogens is 324 g/mol. The van der Waals surface area contributed by atoms with Gasteiger partial charge in [0, 0.05) is 25.9 Å². The Labute approximate surface area is 143 Å². The fraction of sp³-hybridized carbons (Fsp3) is 0.176. The van der Waals surface area contributed by atoms with Gasteiger partial charge >= 0.3 is 6.03 Å². The van der Waals surface area contributed by atoms with E-state index in [1.54, 1.807) is 0 Å². The molecule has 0 aliphatic heterocycles. The van der Waals surface area contributed by atoms with E-state index >= 15 is 0 Å². The maximum Gasteiger partial charge on any atom is 0.321 e. The molecule has 130 valence electrons. The lowest BCUT2D eigenvalue weighted by molar-refractivity contribution is -0.120. The quantitative estimate of drug-likeness (QED) is 0.723. The summed E-state index contributed by atoms with van der Waals surface area (Å²) in [5, 5.41) is 7.11. The van der Waals surface area contributed by atoms with Crippen LogP contribution in [-0.2, 0) is 17.9 Å². The number of pyridine rings is 1. The smallest absolute Gasteiger partial charge is 0.321 e. The van der Waals surface area contributed by atoms with Crippen molar-refractivity contribution in [2.24, 2.45) is 0 Å². The van der Waals surface area contributed by atoms with Crippen LogP contribution in [0.15, 0.2) is 53.5 Å². The summed E-state index contributed by atoms with van der Waals surface area (Å²) in [4.78, 5) is 47.0. The van der Waals surface area contributed by atoms with Gasteiger partial charge in [-0.3, -0.25) is 19.7 Å². The molecule has 4 amide bonds. The van der Waals surface area contributed by atoms with Gasteiger partial charge in [0.15, 0.2) is 0 Å². The van der Waals surface area contributed by atoms with Gasteiger partial charge in [-0.15, -0.1) is 0 Å². The molecule has 0 atom stereocenters. The molecule has 0 bridgehead atoms. The molecule has 1 aromatic heterocycles. The van der Waals surface area contributed by atoms with Crippen molar-refractivity contribution >= 4 is 17.8 Å². The summed E-state index contributed by atoms with van der Waals surface area (Å²) < 4.78 is 1.06. The topological polar surface area (TPSA) is 109 Å². The second-order valence-electron chi connectivity index (χ2n) is 5.18. The molecule has 0 radical (unpaired) electrons. The molecule has 2 rings (SSSR count). The Morgan fingerprint density at radius 2 is 1.76 bits per heavy atom. The van der Waals surface area contributed by atoms with Crippen molar-refractivity contribution in [3.05, 3.63) is 70.1 Å². The van der Waals surface area contributed by atoms with Gasteiger partial charge in [0.25, 0.3) is 11.5 Å². The molecule has 3 N–H and O–H groups in total. The van der Waals surface area contributed by atoms with E-state index in [-0.39, 0.29) is 24.6 Å². The first-order valence-electron chi connectivity index (χ1n) is 7.54. The normalized spacial score (nSPS) is 9.96. The SMILES string of the molecule is CNC(=O)c1ccc(=O)n(CC(=O)NC(=O)NCc2ccccc2)c1. The van der Waals surface area contributed by atoms with Gasteiger partial charge < -0.3 is 15.2 Å². The molecular formula is C17H18N4O4. The number of imide groups is 1. The summed E-state index contributed by atoms with van der Waals surface area (Å²) in [6.07, 6.45) is 1.27. The van der Waals surface area contributed by atoms with Crippen LogP contribution in [0.2, 0.25) is 0 Å². The predicted molar refractivity (Wildman–Crippen MR) is 90.9 cm³/mol. The second kappa shape index (κ2) is 8.44. The van der Waals surface area contributed by atoms with Crippen LogP contribution in [0, 0.1) is 0 Å². The number of hydrogen-bond acceptors (Lipinski definition) is 4. The van der Waals surface area contributed by atoms with Gasteiger partial charge in [0.2, 0.25) is 5.91 Å². The van der Waals surface area contributed by atoms with Gasteiger partial charge in [-0.1, -0.05) is 30.3 Å². The van der Waals surface area contributed by atoms with Gasteiger partial charge in [0.1, 0.15) is 6.54 Å². The zero-order chi connectivity index (χ0) is 18.2. The summed E-state index contributed by atoms with van der Waals surface area (Å²) in [7, 11) is 1.46. The van der Waals surface area contributed by atoms with Crippen LogP contribution in [0.4, 0.5) is 4.79 Å². The van der Waals surface area contributed by atoms with Crippen molar-refractivity contribution in [3.63, 3.8) is 0 Å². The highest BCUT2D eigenvalue weighted by Gasteiger charge is 2.11. The first-order chi connectivity index (χ1) is 12.0. The number of nitrogens with zero attached hydrogens (tertiary/aromatic N) is 1. The molecule has 0 unspecified atom stereocenters. The first kappa shape index (κ1) is 17.9. The van der Waals surface area contributed by atoms with E-state index in [0.29, 0.717) is 0 Å². The van der Waals surface area contributed by atoms with E-state index in [4.69, 9.17) is 0 Å². The lowest BCUT2D eigenvalue weighted by Gasteiger charge is -2.09. The summed E-state index contributed by atoms with van der Waals surface area (Å²) >= 11 is 0. The van der Waals surface area contributed by atoms with Crippen LogP contribution in [0.25, 0.3) is 0 Å². The van der Waals surface area contributed by atoms with E-state index in [0.717, 1.165) is 10.1 Å². The van der Waals surface area contributed by atoms with Crippen molar-refractivity contribution in [1.29, 1.82) is 0 Å². The van der Waals surface area contributed by atoms with Gasteiger partial charge in [-0.05, 0) is 11.6 Å². The summed E-state index contributed by atoms with van der Waals surface area (Å²) in [6.45, 7) is -0.103. The highest BCUT2D eigenvalue weighted by Crippen LogP contribution is 1.97. The first-order valence-corrected chi connectivity index (χ1v) is 7.54. The molecule has 1 heterocycles. The Balaban J connectivity index is 1.92. The lowest BCUT2D eigenvalue weighted by atomic mass is 10.2. The van der Waals surface area contributed by atoms with Crippen LogP contribution in [0.5, 0.6) is 0 Å². The molecule has 8 heteroatoms. The molecule has 25 heavy (non-hydrogen) atoms. The standard InChI is InChI=1S/C17H18N4O4/c1-18-16(24)13-7-8-15(23)21(10-13)11-14(22)20-17(25)19-9-12-5-3-2-4-6-12/h2-8,10H,9,11H2,1H3,(H,18,24)(H2,19,20,22,25). The van der Waals surface area contributed by atoms with E-state index in [1.165, 1.54) is 25.4 Å². The van der Waals surface area contributed by atoms with Crippen LogP contribution in [-0.4, -0.2) is 29.5 Å². The molecule has 0 aliphatic carbocycles. The highest BCUT2D eigenvalue weighted by molar-refractivity contribution is 5.95. The fourth-order valence-electron chi connectivity index (χ4n) is 2.08. The number of aromatic nitrogens is 1. The molecule has 0 saturated carbocycles. The van der Waals surface area contributed by atoms with Crippen molar-refractivity contribution in [1.82, 2.24) is 20.5 Å². The van der Waals surface area contributed by atoms with Gasteiger partial charge in [-0.25, -0.2) is 4.79 Å². The maximum absolute atomic E-state index is 11.9. The molecule has 0 spiro atoms. The Hall–Kier alpha value is -3.42. The zero-order valence-corrected chi connectivity index (χ0v) is 13.6. The number of carbonyl (C=O) groups excluding carboxylic acids is 3. The number of rotatable bonds is 5. The van der Waals surface area contributed by atoms with Crippen LogP contribution < -0.4 is 21.5 Å². The number of urea groups is 1. The van der Waals surface area contributed by atoms with Crippen LogP contribution >= 0.6 is 0 Å². The van der Waals surface area contributed by atoms with Crippen molar-refractivity contribution < 1.29 is 14.4 Å². The van der Waals surface area contributed by atoms with E-state index in [1.807, 2.05) is 30.3 Å². The highest BCUT2D eigenvalue weighted by atomic mass is 16.2. The Kier molecular flexibility index (Phi) is 6.05. The monoisotopic (exact) mass is 342 g/mol.